The number of nitrogens with two attached hydrogens (primary N) is 1. The van der Waals surface area contributed by atoms with Crippen LogP contribution < -0.4 is 10.5 Å². The molecule has 2 fully saturated rings. The molecule has 0 spiro atoms. The van der Waals surface area contributed by atoms with Crippen molar-refractivity contribution in [3.05, 3.63) is 12.3 Å². The van der Waals surface area contributed by atoms with Gasteiger partial charge in [0, 0.05) is 17.7 Å². The Morgan fingerprint density at radius 2 is 2.17 bits per heavy atom. The van der Waals surface area contributed by atoms with Gasteiger partial charge in [0.15, 0.2) is 0 Å². The predicted octanol–water partition coefficient (Wildman–Crippen LogP) is 2.65. The van der Waals surface area contributed by atoms with E-state index in [1.165, 1.54) is 12.8 Å². The maximum atomic E-state index is 6.10. The number of aromatic nitrogens is 2. The van der Waals surface area contributed by atoms with E-state index in [2.05, 4.69) is 30.7 Å². The minimum Gasteiger partial charge on any atom is -0.474 e. The second-order valence-electron chi connectivity index (χ2n) is 6.47. The Morgan fingerprint density at radius 3 is 2.72 bits per heavy atom. The number of fused-ring (bicyclic) bond motifs is 2. The van der Waals surface area contributed by atoms with Crippen molar-refractivity contribution in [1.82, 2.24) is 9.97 Å². The molecule has 0 aromatic carbocycles. The van der Waals surface area contributed by atoms with Crippen molar-refractivity contribution >= 4 is 5.95 Å². The predicted molar refractivity (Wildman–Crippen MR) is 70.1 cm³/mol. The topological polar surface area (TPSA) is 61.0 Å². The summed E-state index contributed by atoms with van der Waals surface area (Å²) >= 11 is 0. The molecule has 0 radical (unpaired) electrons. The highest BCUT2D eigenvalue weighted by atomic mass is 16.5. The van der Waals surface area contributed by atoms with Crippen LogP contribution in [-0.4, -0.2) is 16.1 Å². The fourth-order valence-corrected chi connectivity index (χ4v) is 3.88. The highest BCUT2D eigenvalue weighted by Crippen LogP contribution is 2.66. The van der Waals surface area contributed by atoms with E-state index < -0.39 is 0 Å². The van der Waals surface area contributed by atoms with Crippen molar-refractivity contribution in [1.29, 1.82) is 0 Å². The van der Waals surface area contributed by atoms with Crippen molar-refractivity contribution < 1.29 is 4.74 Å². The third-order valence-corrected chi connectivity index (χ3v) is 5.63. The second-order valence-corrected chi connectivity index (χ2v) is 6.47. The van der Waals surface area contributed by atoms with Crippen molar-refractivity contribution in [2.24, 2.45) is 16.7 Å². The summed E-state index contributed by atoms with van der Waals surface area (Å²) in [5.74, 6) is 1.66. The van der Waals surface area contributed by atoms with E-state index in [-0.39, 0.29) is 17.5 Å². The molecule has 1 aromatic rings. The van der Waals surface area contributed by atoms with Gasteiger partial charge in [0.05, 0.1) is 0 Å². The molecule has 0 amide bonds. The fourth-order valence-electron chi connectivity index (χ4n) is 3.88. The molecule has 2 bridgehead atoms. The molecule has 2 aliphatic rings. The Bertz CT molecular complexity index is 474. The molecule has 0 saturated heterocycles. The molecular formula is C14H21N3O. The average Bonchev–Trinajstić information content (AvgIpc) is 2.62. The second kappa shape index (κ2) is 3.59. The molecule has 3 atom stereocenters. The zero-order valence-corrected chi connectivity index (χ0v) is 11.3. The van der Waals surface area contributed by atoms with Crippen LogP contribution in [0.4, 0.5) is 5.95 Å². The number of nitrogen functional groups attached to an aromatic ring is 1. The molecule has 3 rings (SSSR count). The van der Waals surface area contributed by atoms with Crippen LogP contribution in [0.1, 0.15) is 40.0 Å². The maximum absolute atomic E-state index is 6.10. The Morgan fingerprint density at radius 1 is 1.39 bits per heavy atom. The third-order valence-electron chi connectivity index (χ3n) is 5.63. The highest BCUT2D eigenvalue weighted by molar-refractivity contribution is 5.22. The number of hydrogen-bond donors (Lipinski definition) is 1. The van der Waals surface area contributed by atoms with E-state index in [9.17, 15) is 0 Å². The van der Waals surface area contributed by atoms with Crippen molar-refractivity contribution in [3.63, 3.8) is 0 Å². The Kier molecular flexibility index (Phi) is 2.34. The highest BCUT2D eigenvalue weighted by Gasteiger charge is 2.62. The lowest BCUT2D eigenvalue weighted by atomic mass is 9.70. The first-order chi connectivity index (χ1) is 8.43. The van der Waals surface area contributed by atoms with Crippen LogP contribution in [0.2, 0.25) is 0 Å². The van der Waals surface area contributed by atoms with Crippen molar-refractivity contribution in [2.75, 3.05) is 5.73 Å². The summed E-state index contributed by atoms with van der Waals surface area (Å²) in [4.78, 5) is 8.04. The molecule has 1 heterocycles. The molecule has 2 saturated carbocycles. The lowest BCUT2D eigenvalue weighted by Crippen LogP contribution is -2.39. The van der Waals surface area contributed by atoms with Gasteiger partial charge in [-0.1, -0.05) is 20.8 Å². The first-order valence-electron chi connectivity index (χ1n) is 6.69. The fraction of sp³-hybridized carbons (Fsp3) is 0.714. The minimum absolute atomic E-state index is 0.247. The maximum Gasteiger partial charge on any atom is 0.223 e. The molecule has 0 aliphatic heterocycles. The van der Waals surface area contributed by atoms with Gasteiger partial charge in [0.25, 0.3) is 0 Å². The van der Waals surface area contributed by atoms with Gasteiger partial charge in [-0.3, -0.25) is 0 Å². The first kappa shape index (κ1) is 11.8. The summed E-state index contributed by atoms with van der Waals surface area (Å²) in [6, 6.07) is 1.79. The monoisotopic (exact) mass is 247 g/mol. The van der Waals surface area contributed by atoms with Gasteiger partial charge in [-0.05, 0) is 30.6 Å². The van der Waals surface area contributed by atoms with Crippen LogP contribution in [0.15, 0.2) is 12.3 Å². The first-order valence-corrected chi connectivity index (χ1v) is 6.69. The van der Waals surface area contributed by atoms with E-state index >= 15 is 0 Å². The quantitative estimate of drug-likeness (QED) is 0.872. The van der Waals surface area contributed by atoms with Crippen molar-refractivity contribution in [3.8, 4) is 5.88 Å². The zero-order chi connectivity index (χ0) is 13.0. The molecule has 2 N–H and O–H groups in total. The van der Waals surface area contributed by atoms with Gasteiger partial charge in [-0.15, -0.1) is 0 Å². The molecule has 1 aromatic heterocycles. The third kappa shape index (κ3) is 1.44. The SMILES string of the molecule is CC1(C)C2CCC1(C)C(Oc1ccnc(N)n1)C2. The molecule has 3 unspecified atom stereocenters. The molecule has 4 heteroatoms. The van der Waals surface area contributed by atoms with Gasteiger partial charge in [-0.25, -0.2) is 4.98 Å². The lowest BCUT2D eigenvalue weighted by Gasteiger charge is -2.38. The van der Waals surface area contributed by atoms with Gasteiger partial charge in [0.2, 0.25) is 11.8 Å². The summed E-state index contributed by atoms with van der Waals surface area (Å²) in [6.07, 6.45) is 5.61. The number of ether oxygens (including phenoxy) is 1. The Labute approximate surface area is 108 Å². The van der Waals surface area contributed by atoms with Crippen LogP contribution in [0, 0.1) is 16.7 Å². The number of rotatable bonds is 2. The largest absolute Gasteiger partial charge is 0.474 e. The lowest BCUT2D eigenvalue weighted by molar-refractivity contribution is 0.0273. The standard InChI is InChI=1S/C14H21N3O/c1-13(2)9-4-6-14(13,3)10(8-9)18-11-5-7-16-12(15)17-11/h5,7,9-10H,4,6,8H2,1-3H3,(H2,15,16,17). The van der Waals surface area contributed by atoms with E-state index in [4.69, 9.17) is 10.5 Å². The summed E-state index contributed by atoms with van der Waals surface area (Å²) in [7, 11) is 0. The van der Waals surface area contributed by atoms with Gasteiger partial charge in [-0.2, -0.15) is 4.98 Å². The van der Waals surface area contributed by atoms with E-state index in [1.807, 2.05) is 0 Å². The Hall–Kier alpha value is -1.32. The summed E-state index contributed by atoms with van der Waals surface area (Å²) in [5.41, 5.74) is 6.20. The summed E-state index contributed by atoms with van der Waals surface area (Å²) < 4.78 is 6.10. The summed E-state index contributed by atoms with van der Waals surface area (Å²) in [5, 5.41) is 0. The number of hydrogen-bond acceptors (Lipinski definition) is 4. The van der Waals surface area contributed by atoms with Crippen LogP contribution in [0.5, 0.6) is 5.88 Å². The van der Waals surface area contributed by atoms with Crippen molar-refractivity contribution in [2.45, 2.75) is 46.1 Å². The molecular weight excluding hydrogens is 226 g/mol. The van der Waals surface area contributed by atoms with E-state index in [0.717, 1.165) is 12.3 Å². The number of nitrogens with zero attached hydrogens (tertiary/aromatic N) is 2. The van der Waals surface area contributed by atoms with Crippen LogP contribution in [0.3, 0.4) is 0 Å². The average molecular weight is 247 g/mol. The van der Waals surface area contributed by atoms with Gasteiger partial charge in [0.1, 0.15) is 6.10 Å². The molecule has 18 heavy (non-hydrogen) atoms. The molecule has 4 nitrogen and oxygen atoms in total. The number of anilines is 1. The Balaban J connectivity index is 1.84. The van der Waals surface area contributed by atoms with E-state index in [0.29, 0.717) is 11.3 Å². The van der Waals surface area contributed by atoms with Gasteiger partial charge >= 0.3 is 0 Å². The van der Waals surface area contributed by atoms with E-state index in [1.54, 1.807) is 12.3 Å². The molecule has 2 aliphatic carbocycles. The molecule has 98 valence electrons. The van der Waals surface area contributed by atoms with Crippen LogP contribution >= 0.6 is 0 Å². The van der Waals surface area contributed by atoms with Gasteiger partial charge < -0.3 is 10.5 Å². The zero-order valence-electron chi connectivity index (χ0n) is 11.3. The van der Waals surface area contributed by atoms with Crippen LogP contribution in [-0.2, 0) is 0 Å². The smallest absolute Gasteiger partial charge is 0.223 e. The summed E-state index contributed by atoms with van der Waals surface area (Å²) in [6.45, 7) is 7.11. The minimum atomic E-state index is 0.247. The van der Waals surface area contributed by atoms with Crippen LogP contribution in [0.25, 0.3) is 0 Å². The normalized spacial score (nSPS) is 36.8.